The molecule has 0 N–H and O–H groups in total. The topological polar surface area (TPSA) is 71.1 Å². The fourth-order valence-electron chi connectivity index (χ4n) is 3.27. The van der Waals surface area contributed by atoms with Crippen molar-refractivity contribution in [3.63, 3.8) is 0 Å². The molecular formula is C17H28O6. The molecular weight excluding hydrogens is 300 g/mol. The van der Waals surface area contributed by atoms with E-state index < -0.39 is 24.5 Å². The lowest BCUT2D eigenvalue weighted by molar-refractivity contribution is -0.0776. The Bertz CT molecular complexity index is 381. The number of hydrogen-bond donors (Lipinski definition) is 0. The molecule has 0 spiro atoms. The van der Waals surface area contributed by atoms with E-state index in [1.54, 1.807) is 0 Å². The molecule has 2 fully saturated rings. The number of carbonyl (C=O) groups excluding carboxylic acids is 2. The van der Waals surface area contributed by atoms with Crippen LogP contribution in [0.15, 0.2) is 0 Å². The molecule has 4 atom stereocenters. The van der Waals surface area contributed by atoms with Gasteiger partial charge in [-0.2, -0.15) is 0 Å². The van der Waals surface area contributed by atoms with Gasteiger partial charge >= 0.3 is 12.3 Å². The molecule has 0 saturated heterocycles. The highest BCUT2D eigenvalue weighted by molar-refractivity contribution is 5.61. The Morgan fingerprint density at radius 2 is 1.22 bits per heavy atom. The van der Waals surface area contributed by atoms with Crippen molar-refractivity contribution in [2.24, 2.45) is 23.7 Å². The largest absolute Gasteiger partial charge is 0.508 e. The molecule has 2 rings (SSSR count). The summed E-state index contributed by atoms with van der Waals surface area (Å²) in [5.74, 6) is 0.991. The first-order valence-corrected chi connectivity index (χ1v) is 8.53. The van der Waals surface area contributed by atoms with Crippen LogP contribution in [-0.2, 0) is 18.9 Å². The second-order valence-electron chi connectivity index (χ2n) is 7.41. The van der Waals surface area contributed by atoms with E-state index in [-0.39, 0.29) is 23.7 Å². The van der Waals surface area contributed by atoms with Crippen molar-refractivity contribution in [1.29, 1.82) is 0 Å². The second kappa shape index (κ2) is 7.88. The van der Waals surface area contributed by atoms with Crippen molar-refractivity contribution in [3.05, 3.63) is 0 Å². The van der Waals surface area contributed by atoms with Crippen molar-refractivity contribution in [3.8, 4) is 0 Å². The summed E-state index contributed by atoms with van der Waals surface area (Å²) in [4.78, 5) is 23.6. The van der Waals surface area contributed by atoms with Gasteiger partial charge in [0.05, 0.1) is 13.2 Å². The number of ether oxygens (including phenoxy) is 4. The van der Waals surface area contributed by atoms with Crippen LogP contribution in [0.2, 0.25) is 0 Å². The summed E-state index contributed by atoms with van der Waals surface area (Å²) in [6, 6.07) is 0. The van der Waals surface area contributed by atoms with Gasteiger partial charge in [-0.25, -0.2) is 9.59 Å². The molecule has 132 valence electrons. The minimum Gasteiger partial charge on any atom is -0.434 e. The minimum atomic E-state index is -0.680. The highest BCUT2D eigenvalue weighted by Crippen LogP contribution is 2.47. The standard InChI is InChI=1S/C17H28O6/c1-10(2)8-20-16(18)22-14-12-5-6-13(7-12)15(14)23-17(19)21-9-11(3)4/h10-15H,5-9H2,1-4H3. The Morgan fingerprint density at radius 1 is 0.826 bits per heavy atom. The van der Waals surface area contributed by atoms with Crippen molar-refractivity contribution >= 4 is 12.3 Å². The number of hydrogen-bond acceptors (Lipinski definition) is 6. The lowest BCUT2D eigenvalue weighted by Crippen LogP contribution is -2.40. The molecule has 4 unspecified atom stereocenters. The van der Waals surface area contributed by atoms with E-state index in [4.69, 9.17) is 18.9 Å². The van der Waals surface area contributed by atoms with Crippen molar-refractivity contribution < 1.29 is 28.5 Å². The molecule has 23 heavy (non-hydrogen) atoms. The van der Waals surface area contributed by atoms with E-state index in [1.807, 2.05) is 27.7 Å². The summed E-state index contributed by atoms with van der Waals surface area (Å²) in [5, 5.41) is 0. The van der Waals surface area contributed by atoms with Gasteiger partial charge in [-0.05, 0) is 31.1 Å². The molecule has 0 radical (unpaired) electrons. The van der Waals surface area contributed by atoms with E-state index in [2.05, 4.69) is 0 Å². The first-order valence-electron chi connectivity index (χ1n) is 8.53. The molecule has 6 nitrogen and oxygen atoms in total. The van der Waals surface area contributed by atoms with Crippen LogP contribution >= 0.6 is 0 Å². The Labute approximate surface area is 137 Å². The van der Waals surface area contributed by atoms with E-state index >= 15 is 0 Å². The highest BCUT2D eigenvalue weighted by atomic mass is 16.8. The Hall–Kier alpha value is -1.46. The highest BCUT2D eigenvalue weighted by Gasteiger charge is 2.52. The van der Waals surface area contributed by atoms with Gasteiger partial charge in [0.25, 0.3) is 0 Å². The summed E-state index contributed by atoms with van der Waals surface area (Å²) in [6.07, 6.45) is 0.715. The van der Waals surface area contributed by atoms with Crippen LogP contribution in [0.5, 0.6) is 0 Å². The Morgan fingerprint density at radius 3 is 1.57 bits per heavy atom. The Kier molecular flexibility index (Phi) is 6.13. The minimum absolute atomic E-state index is 0.245. The predicted molar refractivity (Wildman–Crippen MR) is 82.9 cm³/mol. The van der Waals surface area contributed by atoms with Gasteiger partial charge in [0, 0.05) is 11.8 Å². The average Bonchev–Trinajstić information content (AvgIpc) is 3.06. The zero-order valence-electron chi connectivity index (χ0n) is 14.4. The van der Waals surface area contributed by atoms with Gasteiger partial charge < -0.3 is 18.9 Å². The predicted octanol–water partition coefficient (Wildman–Crippen LogP) is 3.77. The van der Waals surface area contributed by atoms with E-state index in [0.29, 0.717) is 13.2 Å². The molecule has 2 aliphatic carbocycles. The zero-order chi connectivity index (χ0) is 17.0. The van der Waals surface area contributed by atoms with Crippen LogP contribution in [0.25, 0.3) is 0 Å². The molecule has 0 aromatic carbocycles. The normalized spacial score (nSPS) is 29.0. The molecule has 0 amide bonds. The number of rotatable bonds is 6. The fraction of sp³-hybridized carbons (Fsp3) is 0.882. The van der Waals surface area contributed by atoms with Crippen molar-refractivity contribution in [2.75, 3.05) is 13.2 Å². The second-order valence-corrected chi connectivity index (χ2v) is 7.41. The molecule has 0 aliphatic heterocycles. The molecule has 0 heterocycles. The monoisotopic (exact) mass is 328 g/mol. The third kappa shape index (κ3) is 5.01. The zero-order valence-corrected chi connectivity index (χ0v) is 14.4. The number of fused-ring (bicyclic) bond motifs is 2. The smallest absolute Gasteiger partial charge is 0.434 e. The molecule has 2 aliphatic rings. The van der Waals surface area contributed by atoms with Gasteiger partial charge in [-0.15, -0.1) is 0 Å². The van der Waals surface area contributed by atoms with Crippen LogP contribution < -0.4 is 0 Å². The maximum atomic E-state index is 11.8. The summed E-state index contributed by atoms with van der Waals surface area (Å²) in [6.45, 7) is 8.48. The van der Waals surface area contributed by atoms with Gasteiger partial charge in [-0.1, -0.05) is 27.7 Å². The summed E-state index contributed by atoms with van der Waals surface area (Å²) in [7, 11) is 0. The molecule has 2 saturated carbocycles. The third-order valence-corrected chi connectivity index (χ3v) is 4.30. The van der Waals surface area contributed by atoms with Crippen LogP contribution in [0, 0.1) is 23.7 Å². The molecule has 6 heteroatoms. The summed E-state index contributed by atoms with van der Waals surface area (Å²) < 4.78 is 21.0. The van der Waals surface area contributed by atoms with E-state index in [9.17, 15) is 9.59 Å². The SMILES string of the molecule is CC(C)COC(=O)OC1C2CCC(C2)C1OC(=O)OCC(C)C. The summed E-state index contributed by atoms with van der Waals surface area (Å²) in [5.41, 5.74) is 0. The van der Waals surface area contributed by atoms with Crippen LogP contribution in [0.3, 0.4) is 0 Å². The Balaban J connectivity index is 1.86. The quantitative estimate of drug-likeness (QED) is 0.691. The average molecular weight is 328 g/mol. The van der Waals surface area contributed by atoms with Crippen LogP contribution in [0.1, 0.15) is 47.0 Å². The molecule has 0 aromatic rings. The molecule has 2 bridgehead atoms. The van der Waals surface area contributed by atoms with E-state index in [0.717, 1.165) is 19.3 Å². The summed E-state index contributed by atoms with van der Waals surface area (Å²) >= 11 is 0. The van der Waals surface area contributed by atoms with Crippen LogP contribution in [-0.4, -0.2) is 37.7 Å². The molecule has 0 aromatic heterocycles. The van der Waals surface area contributed by atoms with Crippen molar-refractivity contribution in [2.45, 2.75) is 59.2 Å². The first kappa shape index (κ1) is 17.9. The van der Waals surface area contributed by atoms with Gasteiger partial charge in [0.1, 0.15) is 12.2 Å². The maximum absolute atomic E-state index is 11.8. The van der Waals surface area contributed by atoms with Gasteiger partial charge in [0.2, 0.25) is 0 Å². The lowest BCUT2D eigenvalue weighted by atomic mass is 9.95. The first-order chi connectivity index (χ1) is 10.9. The van der Waals surface area contributed by atoms with Crippen molar-refractivity contribution in [1.82, 2.24) is 0 Å². The van der Waals surface area contributed by atoms with Gasteiger partial charge in [-0.3, -0.25) is 0 Å². The number of carbonyl (C=O) groups is 2. The lowest BCUT2D eigenvalue weighted by Gasteiger charge is -2.29. The van der Waals surface area contributed by atoms with Gasteiger partial charge in [0.15, 0.2) is 0 Å². The van der Waals surface area contributed by atoms with E-state index in [1.165, 1.54) is 0 Å². The third-order valence-electron chi connectivity index (χ3n) is 4.30. The fourth-order valence-corrected chi connectivity index (χ4v) is 3.27. The maximum Gasteiger partial charge on any atom is 0.508 e. The van der Waals surface area contributed by atoms with Crippen LogP contribution in [0.4, 0.5) is 9.59 Å².